The summed E-state index contributed by atoms with van der Waals surface area (Å²) >= 11 is 3.34. The van der Waals surface area contributed by atoms with Gasteiger partial charge in [0, 0.05) is 16.2 Å². The van der Waals surface area contributed by atoms with E-state index in [1.807, 2.05) is 6.07 Å². The number of aromatic nitrogens is 1. The van der Waals surface area contributed by atoms with E-state index < -0.39 is 11.8 Å². The van der Waals surface area contributed by atoms with Gasteiger partial charge in [0.05, 0.1) is 37.4 Å². The summed E-state index contributed by atoms with van der Waals surface area (Å²) in [6.07, 6.45) is 3.05. The van der Waals surface area contributed by atoms with Gasteiger partial charge in [-0.1, -0.05) is 22.0 Å². The minimum atomic E-state index is -0.490. The maximum atomic E-state index is 12.8. The van der Waals surface area contributed by atoms with Crippen molar-refractivity contribution < 1.29 is 19.1 Å². The second-order valence-corrected chi connectivity index (χ2v) is 7.08. The molecule has 2 amide bonds. The second kappa shape index (κ2) is 10.4. The van der Waals surface area contributed by atoms with Gasteiger partial charge < -0.3 is 14.8 Å². The summed E-state index contributed by atoms with van der Waals surface area (Å²) in [5, 5.41) is 6.67. The normalized spacial score (nSPS) is 10.5. The Morgan fingerprint density at radius 2 is 1.81 bits per heavy atom. The average molecular weight is 483 g/mol. The first-order chi connectivity index (χ1) is 15.0. The number of hydrogen-bond donors (Lipinski definition) is 2. The minimum Gasteiger partial charge on any atom is -0.493 e. The number of halogens is 1. The summed E-state index contributed by atoms with van der Waals surface area (Å²) in [5.74, 6) is 0.0340. The third-order valence-corrected chi connectivity index (χ3v) is 4.66. The lowest BCUT2D eigenvalue weighted by Gasteiger charge is -2.12. The van der Waals surface area contributed by atoms with Crippen molar-refractivity contribution in [1.29, 1.82) is 0 Å². The molecule has 1 heterocycles. The molecule has 9 heteroatoms. The predicted molar refractivity (Wildman–Crippen MR) is 121 cm³/mol. The molecule has 2 aromatic carbocycles. The lowest BCUT2D eigenvalue weighted by molar-refractivity contribution is 0.0956. The molecular weight excluding hydrogens is 464 g/mol. The van der Waals surface area contributed by atoms with E-state index in [4.69, 9.17) is 9.47 Å². The Morgan fingerprint density at radius 3 is 2.52 bits per heavy atom. The molecular formula is C22H19BrN4O4. The topological polar surface area (TPSA) is 102 Å². The molecule has 0 saturated heterocycles. The Kier molecular flexibility index (Phi) is 7.34. The summed E-state index contributed by atoms with van der Waals surface area (Å²) in [4.78, 5) is 29.5. The molecule has 31 heavy (non-hydrogen) atoms. The van der Waals surface area contributed by atoms with E-state index in [1.54, 1.807) is 54.7 Å². The van der Waals surface area contributed by atoms with Gasteiger partial charge in [0.15, 0.2) is 11.5 Å². The zero-order chi connectivity index (χ0) is 22.2. The minimum absolute atomic E-state index is 0.237. The molecule has 0 spiro atoms. The fourth-order valence-electron chi connectivity index (χ4n) is 2.65. The zero-order valence-electron chi connectivity index (χ0n) is 16.8. The van der Waals surface area contributed by atoms with Crippen LogP contribution in [0, 0.1) is 0 Å². The first kappa shape index (κ1) is 22.0. The van der Waals surface area contributed by atoms with Crippen LogP contribution in [0.3, 0.4) is 0 Å². The molecule has 3 rings (SSSR count). The van der Waals surface area contributed by atoms with Crippen LogP contribution >= 0.6 is 15.9 Å². The van der Waals surface area contributed by atoms with Gasteiger partial charge in [-0.2, -0.15) is 5.10 Å². The van der Waals surface area contributed by atoms with E-state index in [2.05, 4.69) is 36.8 Å². The summed E-state index contributed by atoms with van der Waals surface area (Å²) in [6.45, 7) is 0. The van der Waals surface area contributed by atoms with Gasteiger partial charge in [-0.3, -0.25) is 14.6 Å². The first-order valence-electron chi connectivity index (χ1n) is 9.09. The molecule has 0 aliphatic carbocycles. The van der Waals surface area contributed by atoms with Gasteiger partial charge in [-0.25, -0.2) is 5.43 Å². The summed E-state index contributed by atoms with van der Waals surface area (Å²) in [6, 6.07) is 15.1. The fraction of sp³-hybridized carbons (Fsp3) is 0.0909. The van der Waals surface area contributed by atoms with Crippen LogP contribution in [-0.2, 0) is 0 Å². The molecule has 0 fully saturated rings. The molecule has 0 atom stereocenters. The number of anilines is 1. The highest BCUT2D eigenvalue weighted by atomic mass is 79.9. The van der Waals surface area contributed by atoms with Gasteiger partial charge in [0.2, 0.25) is 0 Å². The highest BCUT2D eigenvalue weighted by Gasteiger charge is 2.16. The van der Waals surface area contributed by atoms with E-state index in [0.29, 0.717) is 32.9 Å². The molecule has 0 aliphatic heterocycles. The number of benzene rings is 2. The van der Waals surface area contributed by atoms with E-state index in [1.165, 1.54) is 20.4 Å². The van der Waals surface area contributed by atoms with E-state index in [9.17, 15) is 9.59 Å². The van der Waals surface area contributed by atoms with Crippen LogP contribution in [0.2, 0.25) is 0 Å². The average Bonchev–Trinajstić information content (AvgIpc) is 2.80. The zero-order valence-corrected chi connectivity index (χ0v) is 18.3. The monoisotopic (exact) mass is 482 g/mol. The number of hydrazone groups is 1. The van der Waals surface area contributed by atoms with Crippen molar-refractivity contribution in [2.24, 2.45) is 5.10 Å². The number of carbonyl (C=O) groups excluding carboxylic acids is 2. The van der Waals surface area contributed by atoms with Crippen molar-refractivity contribution in [3.63, 3.8) is 0 Å². The van der Waals surface area contributed by atoms with Crippen LogP contribution in [0.5, 0.6) is 11.5 Å². The molecule has 1 aromatic heterocycles. The highest BCUT2D eigenvalue weighted by Crippen LogP contribution is 2.28. The first-order valence-corrected chi connectivity index (χ1v) is 9.88. The molecule has 158 valence electrons. The summed E-state index contributed by atoms with van der Waals surface area (Å²) in [5.41, 5.74) is 3.95. The number of hydrogen-bond acceptors (Lipinski definition) is 6. The molecule has 0 aliphatic rings. The number of nitrogens with one attached hydrogen (secondary N) is 2. The Hall–Kier alpha value is -3.72. The van der Waals surface area contributed by atoms with Gasteiger partial charge in [0.1, 0.15) is 0 Å². The summed E-state index contributed by atoms with van der Waals surface area (Å²) in [7, 11) is 3.00. The lowest BCUT2D eigenvalue weighted by atomic mass is 10.1. The summed E-state index contributed by atoms with van der Waals surface area (Å²) < 4.78 is 11.1. The van der Waals surface area contributed by atoms with Crippen LogP contribution < -0.4 is 20.2 Å². The number of carbonyl (C=O) groups is 2. The van der Waals surface area contributed by atoms with Gasteiger partial charge in [0.25, 0.3) is 11.8 Å². The van der Waals surface area contributed by atoms with Crippen LogP contribution in [0.15, 0.2) is 70.4 Å². The van der Waals surface area contributed by atoms with Crippen molar-refractivity contribution >= 4 is 39.6 Å². The molecule has 2 N–H and O–H groups in total. The Bertz CT molecular complexity index is 1120. The number of ether oxygens (including phenoxy) is 2. The largest absolute Gasteiger partial charge is 0.493 e. The highest BCUT2D eigenvalue weighted by molar-refractivity contribution is 9.10. The van der Waals surface area contributed by atoms with Crippen LogP contribution in [0.1, 0.15) is 26.4 Å². The third-order valence-electron chi connectivity index (χ3n) is 4.17. The number of pyridine rings is 1. The Morgan fingerprint density at radius 1 is 1.00 bits per heavy atom. The predicted octanol–water partition coefficient (Wildman–Crippen LogP) is 3.88. The van der Waals surface area contributed by atoms with E-state index >= 15 is 0 Å². The third kappa shape index (κ3) is 5.67. The van der Waals surface area contributed by atoms with Crippen LogP contribution in [-0.4, -0.2) is 37.2 Å². The molecule has 0 unspecified atom stereocenters. The quantitative estimate of drug-likeness (QED) is 0.393. The fourth-order valence-corrected chi connectivity index (χ4v) is 3.02. The second-order valence-electron chi connectivity index (χ2n) is 6.17. The lowest BCUT2D eigenvalue weighted by Crippen LogP contribution is -2.21. The van der Waals surface area contributed by atoms with Crippen molar-refractivity contribution in [3.05, 3.63) is 82.1 Å². The molecule has 0 radical (unpaired) electrons. The van der Waals surface area contributed by atoms with E-state index in [0.717, 1.165) is 0 Å². The number of amides is 2. The number of nitrogens with zero attached hydrogens (tertiary/aromatic N) is 2. The van der Waals surface area contributed by atoms with Gasteiger partial charge in [-0.15, -0.1) is 0 Å². The standard InChI is InChI=1S/C22H19BrN4O4/c1-30-19-9-6-14(11-20(19)31-2)21(28)26-18-8-7-15(23)12-17(18)22(29)27-25-13-16-5-3-4-10-24-16/h3-13H,1-2H3,(H,26,28)(H,27,29). The maximum absolute atomic E-state index is 12.8. The maximum Gasteiger partial charge on any atom is 0.273 e. The van der Waals surface area contributed by atoms with E-state index in [-0.39, 0.29) is 5.56 Å². The molecule has 3 aromatic rings. The number of rotatable bonds is 7. The van der Waals surface area contributed by atoms with Gasteiger partial charge in [-0.05, 0) is 48.5 Å². The van der Waals surface area contributed by atoms with Crippen LogP contribution in [0.4, 0.5) is 5.69 Å². The Balaban J connectivity index is 1.78. The van der Waals surface area contributed by atoms with Crippen molar-refractivity contribution in [2.75, 3.05) is 19.5 Å². The molecule has 0 saturated carbocycles. The van der Waals surface area contributed by atoms with Crippen molar-refractivity contribution in [1.82, 2.24) is 10.4 Å². The smallest absolute Gasteiger partial charge is 0.273 e. The number of methoxy groups -OCH3 is 2. The molecule has 8 nitrogen and oxygen atoms in total. The van der Waals surface area contributed by atoms with Crippen molar-refractivity contribution in [2.45, 2.75) is 0 Å². The SMILES string of the molecule is COc1ccc(C(=O)Nc2ccc(Br)cc2C(=O)NN=Cc2ccccn2)cc1OC. The van der Waals surface area contributed by atoms with Crippen LogP contribution in [0.25, 0.3) is 0 Å². The van der Waals surface area contributed by atoms with Gasteiger partial charge >= 0.3 is 0 Å². The molecule has 0 bridgehead atoms. The van der Waals surface area contributed by atoms with Crippen molar-refractivity contribution in [3.8, 4) is 11.5 Å². The Labute approximate surface area is 187 Å².